The zero-order chi connectivity index (χ0) is 19.6. The number of carbonyl (C=O) groups excluding carboxylic acids is 2. The van der Waals surface area contributed by atoms with E-state index < -0.39 is 17.6 Å². The van der Waals surface area contributed by atoms with Crippen LogP contribution in [0.4, 0.5) is 18.9 Å². The van der Waals surface area contributed by atoms with Gasteiger partial charge in [0.25, 0.3) is 5.91 Å². The monoisotopic (exact) mass is 396 g/mol. The molecule has 0 spiro atoms. The van der Waals surface area contributed by atoms with Gasteiger partial charge in [0.1, 0.15) is 6.67 Å². The largest absolute Gasteiger partial charge is 0.416 e. The van der Waals surface area contributed by atoms with Crippen LogP contribution in [-0.4, -0.2) is 29.9 Å². The molecular weight excluding hydrogens is 381 g/mol. The normalized spacial score (nSPS) is 14.5. The Morgan fingerprint density at radius 3 is 2.41 bits per heavy atom. The van der Waals surface area contributed by atoms with Crippen LogP contribution in [0.15, 0.2) is 48.5 Å². The second-order valence-corrected chi connectivity index (χ2v) is 6.63. The lowest BCUT2D eigenvalue weighted by Crippen LogP contribution is -2.42. The molecule has 2 aromatic rings. The number of likely N-dealkylation sites (tertiary alicyclic amines) is 1. The van der Waals surface area contributed by atoms with Gasteiger partial charge in [-0.1, -0.05) is 17.7 Å². The quantitative estimate of drug-likeness (QED) is 0.758. The zero-order valence-corrected chi connectivity index (χ0v) is 14.9. The van der Waals surface area contributed by atoms with Gasteiger partial charge in [0.05, 0.1) is 5.56 Å². The predicted octanol–water partition coefficient (Wildman–Crippen LogP) is 4.59. The number of hydrogen-bond donors (Lipinski definition) is 0. The van der Waals surface area contributed by atoms with Gasteiger partial charge >= 0.3 is 6.18 Å². The summed E-state index contributed by atoms with van der Waals surface area (Å²) in [5.74, 6) is -0.576. The number of rotatable bonds is 4. The van der Waals surface area contributed by atoms with Crippen LogP contribution >= 0.6 is 11.6 Å². The second-order valence-electron chi connectivity index (χ2n) is 6.19. The summed E-state index contributed by atoms with van der Waals surface area (Å²) in [4.78, 5) is 27.8. The SMILES string of the molecule is O=C1CCCN1CN(C(=O)c1ccc(C(F)(F)F)cc1)c1cccc(Cl)c1. The summed E-state index contributed by atoms with van der Waals surface area (Å²) >= 11 is 6.01. The van der Waals surface area contributed by atoms with Crippen molar-refractivity contribution in [2.24, 2.45) is 0 Å². The minimum atomic E-state index is -4.48. The molecule has 4 nitrogen and oxygen atoms in total. The minimum absolute atomic E-state index is 0.0129. The number of alkyl halides is 3. The second kappa shape index (κ2) is 7.60. The van der Waals surface area contributed by atoms with E-state index in [4.69, 9.17) is 11.6 Å². The van der Waals surface area contributed by atoms with Crippen molar-refractivity contribution in [2.45, 2.75) is 19.0 Å². The number of halogens is 4. The standard InChI is InChI=1S/C19H16ClF3N2O2/c20-15-3-1-4-16(11-15)25(12-24-10-2-5-17(24)26)18(27)13-6-8-14(9-7-13)19(21,22)23/h1,3-4,6-9,11H,2,5,10,12H2. The van der Waals surface area contributed by atoms with Crippen molar-refractivity contribution < 1.29 is 22.8 Å². The molecule has 0 radical (unpaired) electrons. The Morgan fingerprint density at radius 1 is 1.15 bits per heavy atom. The molecular formula is C19H16ClF3N2O2. The molecule has 8 heteroatoms. The van der Waals surface area contributed by atoms with E-state index in [-0.39, 0.29) is 18.1 Å². The van der Waals surface area contributed by atoms with Crippen LogP contribution in [0.3, 0.4) is 0 Å². The Bertz CT molecular complexity index is 853. The first-order valence-corrected chi connectivity index (χ1v) is 8.66. The summed E-state index contributed by atoms with van der Waals surface area (Å²) in [5.41, 5.74) is -0.273. The fourth-order valence-electron chi connectivity index (χ4n) is 2.89. The summed E-state index contributed by atoms with van der Waals surface area (Å²) in [6.45, 7) is 0.537. The molecule has 27 heavy (non-hydrogen) atoms. The lowest BCUT2D eigenvalue weighted by Gasteiger charge is -2.28. The molecule has 0 unspecified atom stereocenters. The van der Waals surface area contributed by atoms with Crippen molar-refractivity contribution in [2.75, 3.05) is 18.1 Å². The first-order chi connectivity index (χ1) is 12.8. The molecule has 0 aromatic heterocycles. The van der Waals surface area contributed by atoms with Crippen molar-refractivity contribution in [1.29, 1.82) is 0 Å². The Hall–Kier alpha value is -2.54. The van der Waals surface area contributed by atoms with E-state index in [0.717, 1.165) is 24.3 Å². The maximum atomic E-state index is 13.0. The van der Waals surface area contributed by atoms with Crippen molar-refractivity contribution in [3.8, 4) is 0 Å². The lowest BCUT2D eigenvalue weighted by atomic mass is 10.1. The highest BCUT2D eigenvalue weighted by Gasteiger charge is 2.31. The van der Waals surface area contributed by atoms with Gasteiger partial charge in [-0.2, -0.15) is 13.2 Å². The average molecular weight is 397 g/mol. The van der Waals surface area contributed by atoms with E-state index in [9.17, 15) is 22.8 Å². The maximum Gasteiger partial charge on any atom is 0.416 e. The smallest absolute Gasteiger partial charge is 0.324 e. The van der Waals surface area contributed by atoms with Crippen LogP contribution in [0.5, 0.6) is 0 Å². The summed E-state index contributed by atoms with van der Waals surface area (Å²) in [6, 6.07) is 10.5. The molecule has 2 amide bonds. The molecule has 3 rings (SSSR count). The van der Waals surface area contributed by atoms with E-state index in [1.54, 1.807) is 29.2 Å². The van der Waals surface area contributed by atoms with Crippen LogP contribution in [0.1, 0.15) is 28.8 Å². The van der Waals surface area contributed by atoms with E-state index >= 15 is 0 Å². The number of carbonyl (C=O) groups is 2. The molecule has 0 aliphatic carbocycles. The van der Waals surface area contributed by atoms with Crippen molar-refractivity contribution in [1.82, 2.24) is 4.90 Å². The highest BCUT2D eigenvalue weighted by atomic mass is 35.5. The highest BCUT2D eigenvalue weighted by Crippen LogP contribution is 2.30. The third-order valence-corrected chi connectivity index (χ3v) is 4.54. The summed E-state index contributed by atoms with van der Waals surface area (Å²) in [7, 11) is 0. The summed E-state index contributed by atoms with van der Waals surface area (Å²) in [6.07, 6.45) is -3.36. The first-order valence-electron chi connectivity index (χ1n) is 8.28. The predicted molar refractivity (Wildman–Crippen MR) is 95.5 cm³/mol. The number of nitrogens with zero attached hydrogens (tertiary/aromatic N) is 2. The van der Waals surface area contributed by atoms with Crippen LogP contribution in [0.2, 0.25) is 5.02 Å². The van der Waals surface area contributed by atoms with Gasteiger partial charge in [0.2, 0.25) is 5.91 Å². The molecule has 1 heterocycles. The van der Waals surface area contributed by atoms with E-state index in [1.165, 1.54) is 4.90 Å². The molecule has 0 bridgehead atoms. The Balaban J connectivity index is 1.91. The van der Waals surface area contributed by atoms with Crippen LogP contribution in [0.25, 0.3) is 0 Å². The fourth-order valence-corrected chi connectivity index (χ4v) is 3.07. The van der Waals surface area contributed by atoms with Gasteiger partial charge < -0.3 is 4.90 Å². The van der Waals surface area contributed by atoms with Crippen LogP contribution in [0, 0.1) is 0 Å². The molecule has 2 aromatic carbocycles. The van der Waals surface area contributed by atoms with Gasteiger partial charge in [-0.3, -0.25) is 14.5 Å². The molecule has 1 aliphatic heterocycles. The molecule has 1 saturated heterocycles. The molecule has 0 saturated carbocycles. The number of anilines is 1. The Morgan fingerprint density at radius 2 is 1.85 bits per heavy atom. The third kappa shape index (κ3) is 4.42. The van der Waals surface area contributed by atoms with Gasteiger partial charge in [0, 0.05) is 29.2 Å². The van der Waals surface area contributed by atoms with Gasteiger partial charge in [0.15, 0.2) is 0 Å². The minimum Gasteiger partial charge on any atom is -0.324 e. The molecule has 1 aliphatic rings. The molecule has 142 valence electrons. The number of amides is 2. The van der Waals surface area contributed by atoms with Gasteiger partial charge in [-0.25, -0.2) is 0 Å². The zero-order valence-electron chi connectivity index (χ0n) is 14.2. The average Bonchev–Trinajstić information content (AvgIpc) is 3.03. The topological polar surface area (TPSA) is 40.6 Å². The van der Waals surface area contributed by atoms with Gasteiger partial charge in [-0.05, 0) is 48.9 Å². The van der Waals surface area contributed by atoms with Crippen molar-refractivity contribution >= 4 is 29.1 Å². The lowest BCUT2D eigenvalue weighted by molar-refractivity contribution is -0.137. The van der Waals surface area contributed by atoms with E-state index in [2.05, 4.69) is 0 Å². The van der Waals surface area contributed by atoms with Crippen LogP contribution < -0.4 is 4.90 Å². The number of benzene rings is 2. The highest BCUT2D eigenvalue weighted by molar-refractivity contribution is 6.31. The molecule has 0 atom stereocenters. The Labute approximate surface area is 159 Å². The van der Waals surface area contributed by atoms with E-state index in [0.29, 0.717) is 30.1 Å². The van der Waals surface area contributed by atoms with Crippen molar-refractivity contribution in [3.63, 3.8) is 0 Å². The van der Waals surface area contributed by atoms with Gasteiger partial charge in [-0.15, -0.1) is 0 Å². The summed E-state index contributed by atoms with van der Waals surface area (Å²) < 4.78 is 38.2. The summed E-state index contributed by atoms with van der Waals surface area (Å²) in [5, 5.41) is 0.408. The third-order valence-electron chi connectivity index (χ3n) is 4.31. The fraction of sp³-hybridized carbons (Fsp3) is 0.263. The molecule has 1 fully saturated rings. The van der Waals surface area contributed by atoms with E-state index in [1.807, 2.05) is 0 Å². The van der Waals surface area contributed by atoms with Crippen LogP contribution in [-0.2, 0) is 11.0 Å². The van der Waals surface area contributed by atoms with Crippen molar-refractivity contribution in [3.05, 3.63) is 64.7 Å². The molecule has 0 N–H and O–H groups in total. The first kappa shape index (κ1) is 19.2. The Kier molecular flexibility index (Phi) is 5.41. The number of hydrogen-bond acceptors (Lipinski definition) is 2. The maximum absolute atomic E-state index is 13.0.